The van der Waals surface area contributed by atoms with E-state index in [9.17, 15) is 14.4 Å². The number of carbonyl (C=O) groups is 3. The maximum Gasteiger partial charge on any atom is 0.406 e. The number of amides is 1. The lowest BCUT2D eigenvalue weighted by molar-refractivity contribution is -0.134. The third-order valence-electron chi connectivity index (χ3n) is 3.37. The fourth-order valence-corrected chi connectivity index (χ4v) is 1.85. The molecule has 8 heteroatoms. The van der Waals surface area contributed by atoms with Crippen LogP contribution >= 0.6 is 0 Å². The van der Waals surface area contributed by atoms with Crippen molar-refractivity contribution in [2.45, 2.75) is 31.2 Å². The predicted molar refractivity (Wildman–Crippen MR) is 79.7 cm³/mol. The number of ether oxygens (including phenoxy) is 1. The van der Waals surface area contributed by atoms with Gasteiger partial charge in [-0.15, -0.1) is 0 Å². The molecule has 3 N–H and O–H groups in total. The highest BCUT2D eigenvalue weighted by Crippen LogP contribution is 2.43. The summed E-state index contributed by atoms with van der Waals surface area (Å²) in [6.45, 7) is 0.523. The molecule has 0 heterocycles. The van der Waals surface area contributed by atoms with E-state index in [2.05, 4.69) is 24.3 Å². The van der Waals surface area contributed by atoms with Crippen molar-refractivity contribution >= 4 is 18.0 Å². The minimum absolute atomic E-state index is 0.334. The third-order valence-corrected chi connectivity index (χ3v) is 3.37. The van der Waals surface area contributed by atoms with Gasteiger partial charge >= 0.3 is 18.0 Å². The van der Waals surface area contributed by atoms with Crippen molar-refractivity contribution in [2.75, 3.05) is 27.7 Å². The van der Waals surface area contributed by atoms with E-state index >= 15 is 0 Å². The number of carbonyl (C=O) groups excluding carboxylic acids is 1. The summed E-state index contributed by atoms with van der Waals surface area (Å²) in [6.07, 6.45) is 5.41. The standard InChI is InChI=1S/C10H20N2O2.C4H4O4/c1-11-9(13)14-8-4-5-10(6-7-10)12(2)3;5-3(6)1-2-4(7)8/h4-8H2,1-3H3,(H,11,13);1-2H,(H,5,6)(H,7,8)/b;2-1+. The molecular formula is C14H24N2O6. The molecule has 0 spiro atoms. The first-order chi connectivity index (χ1) is 10.2. The average Bonchev–Trinajstić information content (AvgIpc) is 3.23. The fourth-order valence-electron chi connectivity index (χ4n) is 1.85. The molecule has 1 rings (SSSR count). The summed E-state index contributed by atoms with van der Waals surface area (Å²) < 4.78 is 4.93. The maximum absolute atomic E-state index is 10.7. The normalized spacial score (nSPS) is 14.9. The second-order valence-corrected chi connectivity index (χ2v) is 5.12. The second kappa shape index (κ2) is 9.78. The van der Waals surface area contributed by atoms with E-state index in [-0.39, 0.29) is 6.09 Å². The van der Waals surface area contributed by atoms with E-state index in [1.807, 2.05) is 0 Å². The van der Waals surface area contributed by atoms with Crippen LogP contribution in [0.15, 0.2) is 12.2 Å². The summed E-state index contributed by atoms with van der Waals surface area (Å²) in [5, 5.41) is 18.1. The van der Waals surface area contributed by atoms with E-state index < -0.39 is 11.9 Å². The molecule has 0 bridgehead atoms. The van der Waals surface area contributed by atoms with Crippen LogP contribution in [0.5, 0.6) is 0 Å². The van der Waals surface area contributed by atoms with Gasteiger partial charge in [0.05, 0.1) is 6.61 Å². The SMILES string of the molecule is CNC(=O)OCCCC1(N(C)C)CC1.O=C(O)/C=C/C(=O)O. The van der Waals surface area contributed by atoms with E-state index in [0.717, 1.165) is 12.8 Å². The van der Waals surface area contributed by atoms with Gasteiger partial charge in [-0.2, -0.15) is 0 Å². The molecule has 1 aliphatic carbocycles. The molecule has 8 nitrogen and oxygen atoms in total. The molecule has 126 valence electrons. The molecule has 0 unspecified atom stereocenters. The van der Waals surface area contributed by atoms with E-state index in [1.54, 1.807) is 7.05 Å². The lowest BCUT2D eigenvalue weighted by Crippen LogP contribution is -2.30. The summed E-state index contributed by atoms with van der Waals surface area (Å²) in [5.74, 6) is -2.51. The minimum atomic E-state index is -1.26. The van der Waals surface area contributed by atoms with Gasteiger partial charge in [0.1, 0.15) is 0 Å². The van der Waals surface area contributed by atoms with Crippen molar-refractivity contribution in [1.29, 1.82) is 0 Å². The van der Waals surface area contributed by atoms with Crippen molar-refractivity contribution in [1.82, 2.24) is 10.2 Å². The molecular weight excluding hydrogens is 292 g/mol. The van der Waals surface area contributed by atoms with Gasteiger partial charge in [-0.1, -0.05) is 0 Å². The lowest BCUT2D eigenvalue weighted by Gasteiger charge is -2.23. The Bertz CT molecular complexity index is 400. The molecule has 1 amide bonds. The van der Waals surface area contributed by atoms with Crippen LogP contribution in [-0.4, -0.2) is 66.4 Å². The first-order valence-electron chi connectivity index (χ1n) is 6.89. The van der Waals surface area contributed by atoms with Crippen LogP contribution in [0.4, 0.5) is 4.79 Å². The second-order valence-electron chi connectivity index (χ2n) is 5.12. The molecule has 1 aliphatic rings. The summed E-state index contributed by atoms with van der Waals surface area (Å²) in [4.78, 5) is 32.1. The van der Waals surface area contributed by atoms with Gasteiger partial charge in [-0.3, -0.25) is 0 Å². The van der Waals surface area contributed by atoms with E-state index in [0.29, 0.717) is 24.3 Å². The Balaban J connectivity index is 0.000000472. The highest BCUT2D eigenvalue weighted by molar-refractivity contribution is 5.89. The Morgan fingerprint density at radius 3 is 2.00 bits per heavy atom. The van der Waals surface area contributed by atoms with Crippen molar-refractivity contribution in [2.24, 2.45) is 0 Å². The highest BCUT2D eigenvalue weighted by atomic mass is 16.5. The van der Waals surface area contributed by atoms with Crippen LogP contribution in [0.2, 0.25) is 0 Å². The largest absolute Gasteiger partial charge is 0.478 e. The number of carboxylic acids is 2. The zero-order valence-electron chi connectivity index (χ0n) is 13.2. The number of nitrogens with zero attached hydrogens (tertiary/aromatic N) is 1. The number of hydrogen-bond donors (Lipinski definition) is 3. The lowest BCUT2D eigenvalue weighted by atomic mass is 10.1. The molecule has 0 aromatic heterocycles. The zero-order chi connectivity index (χ0) is 17.2. The molecule has 0 saturated heterocycles. The molecule has 0 aromatic rings. The van der Waals surface area contributed by atoms with Crippen LogP contribution in [0.1, 0.15) is 25.7 Å². The summed E-state index contributed by atoms with van der Waals surface area (Å²) >= 11 is 0. The number of nitrogens with one attached hydrogen (secondary N) is 1. The molecule has 1 fully saturated rings. The van der Waals surface area contributed by atoms with E-state index in [4.69, 9.17) is 14.9 Å². The van der Waals surface area contributed by atoms with E-state index in [1.165, 1.54) is 12.8 Å². The van der Waals surface area contributed by atoms with Crippen LogP contribution in [0.3, 0.4) is 0 Å². The Morgan fingerprint density at radius 2 is 1.68 bits per heavy atom. The predicted octanol–water partition coefficient (Wildman–Crippen LogP) is 0.929. The summed E-state index contributed by atoms with van der Waals surface area (Å²) in [6, 6.07) is 0. The maximum atomic E-state index is 10.7. The van der Waals surface area contributed by atoms with Crippen molar-refractivity contribution < 1.29 is 29.3 Å². The van der Waals surface area contributed by atoms with Gasteiger partial charge in [-0.25, -0.2) is 14.4 Å². The number of carboxylic acid groups (broad SMARTS) is 2. The summed E-state index contributed by atoms with van der Waals surface area (Å²) in [7, 11) is 5.81. The van der Waals surface area contributed by atoms with Crippen LogP contribution in [-0.2, 0) is 14.3 Å². The minimum Gasteiger partial charge on any atom is -0.478 e. The first kappa shape index (κ1) is 19.9. The first-order valence-corrected chi connectivity index (χ1v) is 6.89. The number of rotatable bonds is 7. The summed E-state index contributed by atoms with van der Waals surface area (Å²) in [5.41, 5.74) is 0.409. The quantitative estimate of drug-likeness (QED) is 0.472. The smallest absolute Gasteiger partial charge is 0.406 e. The Kier molecular flexibility index (Phi) is 8.85. The Labute approximate surface area is 129 Å². The van der Waals surface area contributed by atoms with Crippen LogP contribution in [0, 0.1) is 0 Å². The van der Waals surface area contributed by atoms with Crippen molar-refractivity contribution in [3.8, 4) is 0 Å². The van der Waals surface area contributed by atoms with Crippen molar-refractivity contribution in [3.05, 3.63) is 12.2 Å². The fraction of sp³-hybridized carbons (Fsp3) is 0.643. The van der Waals surface area contributed by atoms with Gasteiger partial charge in [0.15, 0.2) is 0 Å². The number of aliphatic carboxylic acids is 2. The van der Waals surface area contributed by atoms with Gasteiger partial charge in [0, 0.05) is 24.7 Å². The Morgan fingerprint density at radius 1 is 1.18 bits per heavy atom. The van der Waals surface area contributed by atoms with Gasteiger partial charge < -0.3 is 25.2 Å². The van der Waals surface area contributed by atoms with Gasteiger partial charge in [0.25, 0.3) is 0 Å². The zero-order valence-corrected chi connectivity index (χ0v) is 13.2. The van der Waals surface area contributed by atoms with Crippen LogP contribution in [0.25, 0.3) is 0 Å². The molecule has 0 radical (unpaired) electrons. The molecule has 1 saturated carbocycles. The number of alkyl carbamates (subject to hydrolysis) is 1. The van der Waals surface area contributed by atoms with Gasteiger partial charge in [-0.05, 0) is 39.8 Å². The molecule has 0 aromatic carbocycles. The van der Waals surface area contributed by atoms with Gasteiger partial charge in [0.2, 0.25) is 0 Å². The molecule has 0 aliphatic heterocycles. The average molecular weight is 316 g/mol. The third kappa shape index (κ3) is 8.96. The topological polar surface area (TPSA) is 116 Å². The molecule has 22 heavy (non-hydrogen) atoms. The van der Waals surface area contributed by atoms with Crippen LogP contribution < -0.4 is 5.32 Å². The molecule has 0 atom stereocenters. The monoisotopic (exact) mass is 316 g/mol. The highest BCUT2D eigenvalue weighted by Gasteiger charge is 2.43. The Hall–Kier alpha value is -2.09. The van der Waals surface area contributed by atoms with Crippen molar-refractivity contribution in [3.63, 3.8) is 0 Å². The number of hydrogen-bond acceptors (Lipinski definition) is 5.